The number of rotatable bonds is 3. The smallest absolute Gasteiger partial charge is 0.318 e. The summed E-state index contributed by atoms with van der Waals surface area (Å²) in [6, 6.07) is 3.24. The van der Waals surface area contributed by atoms with Crippen molar-refractivity contribution < 1.29 is 18.7 Å². The SMILES string of the molecule is O=C(O)[C@H]1CN=C(Cc2cc(F)cc(F)c2)S1. The van der Waals surface area contributed by atoms with Gasteiger partial charge in [-0.25, -0.2) is 8.78 Å². The molecule has 0 unspecified atom stereocenters. The van der Waals surface area contributed by atoms with Crippen LogP contribution in [0.1, 0.15) is 5.56 Å². The molecule has 90 valence electrons. The van der Waals surface area contributed by atoms with Gasteiger partial charge in [-0.05, 0) is 17.7 Å². The molecular formula is C11H9F2NO2S. The molecule has 1 aliphatic heterocycles. The highest BCUT2D eigenvalue weighted by atomic mass is 32.2. The highest BCUT2D eigenvalue weighted by molar-refractivity contribution is 8.15. The van der Waals surface area contributed by atoms with Crippen LogP contribution in [0.4, 0.5) is 8.78 Å². The maximum Gasteiger partial charge on any atom is 0.318 e. The van der Waals surface area contributed by atoms with E-state index in [1.807, 2.05) is 0 Å². The minimum Gasteiger partial charge on any atom is -0.480 e. The van der Waals surface area contributed by atoms with Crippen molar-refractivity contribution in [3.8, 4) is 0 Å². The first kappa shape index (κ1) is 12.0. The van der Waals surface area contributed by atoms with Gasteiger partial charge in [0.2, 0.25) is 0 Å². The van der Waals surface area contributed by atoms with E-state index in [-0.39, 0.29) is 13.0 Å². The first-order chi connectivity index (χ1) is 8.04. The summed E-state index contributed by atoms with van der Waals surface area (Å²) < 4.78 is 25.9. The normalized spacial score (nSPS) is 19.2. The minimum atomic E-state index is -0.917. The second kappa shape index (κ2) is 4.83. The topological polar surface area (TPSA) is 49.7 Å². The van der Waals surface area contributed by atoms with Gasteiger partial charge < -0.3 is 5.11 Å². The average molecular weight is 257 g/mol. The fourth-order valence-electron chi connectivity index (χ4n) is 1.54. The first-order valence-electron chi connectivity index (χ1n) is 4.92. The van der Waals surface area contributed by atoms with Crippen molar-refractivity contribution >= 4 is 22.8 Å². The maximum absolute atomic E-state index is 12.9. The lowest BCUT2D eigenvalue weighted by Crippen LogP contribution is -2.16. The van der Waals surface area contributed by atoms with Crippen LogP contribution in [0.15, 0.2) is 23.2 Å². The maximum atomic E-state index is 12.9. The van der Waals surface area contributed by atoms with Gasteiger partial charge in [0.05, 0.1) is 11.6 Å². The Morgan fingerprint density at radius 3 is 2.59 bits per heavy atom. The fraction of sp³-hybridized carbons (Fsp3) is 0.273. The van der Waals surface area contributed by atoms with E-state index in [4.69, 9.17) is 5.11 Å². The number of hydrogen-bond donors (Lipinski definition) is 1. The van der Waals surface area contributed by atoms with Crippen LogP contribution in [0, 0.1) is 11.6 Å². The van der Waals surface area contributed by atoms with Gasteiger partial charge in [0.15, 0.2) is 0 Å². The molecule has 17 heavy (non-hydrogen) atoms. The second-order valence-electron chi connectivity index (χ2n) is 3.63. The lowest BCUT2D eigenvalue weighted by Gasteiger charge is -2.03. The number of halogens is 2. The highest BCUT2D eigenvalue weighted by Gasteiger charge is 2.25. The highest BCUT2D eigenvalue weighted by Crippen LogP contribution is 2.24. The van der Waals surface area contributed by atoms with Crippen molar-refractivity contribution in [3.63, 3.8) is 0 Å². The summed E-state index contributed by atoms with van der Waals surface area (Å²) in [5, 5.41) is 8.79. The zero-order valence-electron chi connectivity index (χ0n) is 8.69. The minimum absolute atomic E-state index is 0.215. The van der Waals surface area contributed by atoms with E-state index >= 15 is 0 Å². The summed E-state index contributed by atoms with van der Waals surface area (Å²) in [5.41, 5.74) is 0.458. The predicted octanol–water partition coefficient (Wildman–Crippen LogP) is 2.11. The van der Waals surface area contributed by atoms with E-state index in [1.165, 1.54) is 12.1 Å². The molecule has 0 aromatic heterocycles. The van der Waals surface area contributed by atoms with Gasteiger partial charge in [-0.2, -0.15) is 0 Å². The Morgan fingerprint density at radius 2 is 2.06 bits per heavy atom. The largest absolute Gasteiger partial charge is 0.480 e. The van der Waals surface area contributed by atoms with Gasteiger partial charge in [-0.1, -0.05) is 11.8 Å². The molecule has 2 rings (SSSR count). The fourth-order valence-corrected chi connectivity index (χ4v) is 2.51. The number of aliphatic imine (C=N–C) groups is 1. The Bertz CT molecular complexity index is 470. The van der Waals surface area contributed by atoms with Crippen LogP contribution in [0.2, 0.25) is 0 Å². The number of carboxylic acid groups (broad SMARTS) is 1. The number of hydrogen-bond acceptors (Lipinski definition) is 3. The summed E-state index contributed by atoms with van der Waals surface area (Å²) >= 11 is 1.13. The van der Waals surface area contributed by atoms with E-state index in [2.05, 4.69) is 4.99 Å². The second-order valence-corrected chi connectivity index (χ2v) is 4.91. The summed E-state index contributed by atoms with van der Waals surface area (Å²) in [6.07, 6.45) is 0.267. The van der Waals surface area contributed by atoms with E-state index in [9.17, 15) is 13.6 Å². The summed E-state index contributed by atoms with van der Waals surface area (Å²) in [7, 11) is 0. The number of thioether (sulfide) groups is 1. The summed E-state index contributed by atoms with van der Waals surface area (Å²) in [4.78, 5) is 14.7. The zero-order valence-corrected chi connectivity index (χ0v) is 9.51. The third-order valence-corrected chi connectivity index (χ3v) is 3.45. The first-order valence-corrected chi connectivity index (χ1v) is 5.80. The molecule has 0 spiro atoms. The van der Waals surface area contributed by atoms with Crippen LogP contribution in [-0.2, 0) is 11.2 Å². The Labute approximate surface area is 101 Å². The van der Waals surface area contributed by atoms with Gasteiger partial charge in [-0.15, -0.1) is 0 Å². The molecule has 1 aliphatic rings. The standard InChI is InChI=1S/C11H9F2NO2S/c12-7-1-6(2-8(13)4-7)3-10-14-5-9(17-10)11(15)16/h1-2,4,9H,3,5H2,(H,15,16)/t9-/m1/s1. The molecule has 1 N–H and O–H groups in total. The quantitative estimate of drug-likeness (QED) is 0.902. The van der Waals surface area contributed by atoms with E-state index in [0.717, 1.165) is 17.8 Å². The van der Waals surface area contributed by atoms with Crippen molar-refractivity contribution in [1.29, 1.82) is 0 Å². The Balaban J connectivity index is 2.05. The lowest BCUT2D eigenvalue weighted by atomic mass is 10.1. The predicted molar refractivity (Wildman–Crippen MR) is 61.4 cm³/mol. The van der Waals surface area contributed by atoms with Gasteiger partial charge in [0.25, 0.3) is 0 Å². The van der Waals surface area contributed by atoms with Crippen LogP contribution in [0.3, 0.4) is 0 Å². The molecule has 6 heteroatoms. The van der Waals surface area contributed by atoms with Crippen molar-refractivity contribution in [1.82, 2.24) is 0 Å². The molecule has 0 amide bonds. The van der Waals surface area contributed by atoms with Gasteiger partial charge in [0, 0.05) is 12.5 Å². The van der Waals surface area contributed by atoms with Gasteiger partial charge >= 0.3 is 5.97 Å². The molecule has 1 aromatic carbocycles. The molecular weight excluding hydrogens is 248 g/mol. The van der Waals surface area contributed by atoms with Crippen LogP contribution >= 0.6 is 11.8 Å². The zero-order chi connectivity index (χ0) is 12.4. The third-order valence-electron chi connectivity index (χ3n) is 2.26. The molecule has 0 fully saturated rings. The van der Waals surface area contributed by atoms with Crippen LogP contribution in [0.5, 0.6) is 0 Å². The Kier molecular flexibility index (Phi) is 3.42. The van der Waals surface area contributed by atoms with E-state index in [0.29, 0.717) is 10.6 Å². The molecule has 1 atom stereocenters. The van der Waals surface area contributed by atoms with Crippen molar-refractivity contribution in [2.45, 2.75) is 11.7 Å². The lowest BCUT2D eigenvalue weighted by molar-refractivity contribution is -0.136. The van der Waals surface area contributed by atoms with Gasteiger partial charge in [0.1, 0.15) is 16.9 Å². The molecule has 0 bridgehead atoms. The van der Waals surface area contributed by atoms with E-state index in [1.54, 1.807) is 0 Å². The molecule has 1 aromatic rings. The Hall–Kier alpha value is -1.43. The summed E-state index contributed by atoms with van der Waals surface area (Å²) in [6.45, 7) is 0.215. The molecule has 0 radical (unpaired) electrons. The molecule has 0 aliphatic carbocycles. The monoisotopic (exact) mass is 257 g/mol. The van der Waals surface area contributed by atoms with E-state index < -0.39 is 22.9 Å². The Morgan fingerprint density at radius 1 is 1.41 bits per heavy atom. The van der Waals surface area contributed by atoms with Crippen LogP contribution < -0.4 is 0 Å². The third kappa shape index (κ3) is 3.03. The summed E-state index contributed by atoms with van der Waals surface area (Å²) in [5.74, 6) is -2.20. The number of carbonyl (C=O) groups is 1. The molecule has 0 saturated carbocycles. The van der Waals surface area contributed by atoms with Gasteiger partial charge in [-0.3, -0.25) is 9.79 Å². The van der Waals surface area contributed by atoms with Crippen LogP contribution in [0.25, 0.3) is 0 Å². The number of aliphatic carboxylic acids is 1. The van der Waals surface area contributed by atoms with Crippen molar-refractivity contribution in [2.75, 3.05) is 6.54 Å². The number of carboxylic acids is 1. The average Bonchev–Trinajstić information content (AvgIpc) is 2.64. The van der Waals surface area contributed by atoms with Crippen molar-refractivity contribution in [3.05, 3.63) is 35.4 Å². The number of nitrogens with zero attached hydrogens (tertiary/aromatic N) is 1. The number of benzene rings is 1. The molecule has 3 nitrogen and oxygen atoms in total. The molecule has 1 heterocycles. The molecule has 0 saturated heterocycles. The van der Waals surface area contributed by atoms with Crippen molar-refractivity contribution in [2.24, 2.45) is 4.99 Å². The van der Waals surface area contributed by atoms with Crippen LogP contribution in [-0.4, -0.2) is 27.9 Å².